The van der Waals surface area contributed by atoms with Crippen LogP contribution in [0.1, 0.15) is 31.0 Å². The van der Waals surface area contributed by atoms with Crippen molar-refractivity contribution < 1.29 is 9.53 Å². The number of carbonyl (C=O) groups excluding carboxylic acids is 1. The smallest absolute Gasteiger partial charge is 0.338 e. The highest BCUT2D eigenvalue weighted by Gasteiger charge is 2.30. The summed E-state index contributed by atoms with van der Waals surface area (Å²) in [6.07, 6.45) is 2.52. The van der Waals surface area contributed by atoms with Gasteiger partial charge in [0.05, 0.1) is 11.6 Å². The Kier molecular flexibility index (Phi) is 5.33. The monoisotopic (exact) mass is 316 g/mol. The first-order chi connectivity index (χ1) is 10.6. The van der Waals surface area contributed by atoms with Gasteiger partial charge in [-0.3, -0.25) is 0 Å². The number of allylic oxidation sites excluding steroid dienone is 1. The number of nitrogens with one attached hydrogen (secondary N) is 2. The molecular weight excluding hydrogens is 296 g/mol. The van der Waals surface area contributed by atoms with Crippen LogP contribution in [0.2, 0.25) is 0 Å². The summed E-state index contributed by atoms with van der Waals surface area (Å²) in [6, 6.07) is 7.84. The fourth-order valence-electron chi connectivity index (χ4n) is 2.37. The molecule has 1 aromatic rings. The number of benzene rings is 1. The normalized spacial score (nSPS) is 17.5. The standard InChI is InChI=1S/C17H20N2O2S/c1-4-10-21-16(20)14-11(3)18-17(22)19-15(14)13-8-6-12(5-2)7-9-13/h4,6-9,15H,1,5,10H2,2-3H3,(H2,18,19,22)/t15-/m0/s1. The van der Waals surface area contributed by atoms with Gasteiger partial charge < -0.3 is 15.4 Å². The van der Waals surface area contributed by atoms with Gasteiger partial charge in [-0.1, -0.05) is 43.8 Å². The highest BCUT2D eigenvalue weighted by molar-refractivity contribution is 7.80. The van der Waals surface area contributed by atoms with Crippen molar-refractivity contribution in [1.29, 1.82) is 0 Å². The second kappa shape index (κ2) is 7.22. The van der Waals surface area contributed by atoms with E-state index < -0.39 is 0 Å². The Morgan fingerprint density at radius 3 is 2.68 bits per heavy atom. The summed E-state index contributed by atoms with van der Waals surface area (Å²) in [7, 11) is 0. The molecule has 1 aromatic carbocycles. The van der Waals surface area contributed by atoms with Crippen LogP contribution in [0.3, 0.4) is 0 Å². The molecular formula is C17H20N2O2S. The molecule has 2 rings (SSSR count). The van der Waals surface area contributed by atoms with Crippen molar-refractivity contribution in [3.63, 3.8) is 0 Å². The minimum atomic E-state index is -0.371. The third kappa shape index (κ3) is 3.54. The lowest BCUT2D eigenvalue weighted by atomic mass is 9.94. The Bertz CT molecular complexity index is 620. The Hall–Kier alpha value is -2.14. The average Bonchev–Trinajstić information content (AvgIpc) is 2.52. The SMILES string of the molecule is C=CCOC(=O)C1=C(C)NC(=S)N[C@H]1c1ccc(CC)cc1. The number of aryl methyl sites for hydroxylation is 1. The third-order valence-corrected chi connectivity index (χ3v) is 3.76. The molecule has 1 aliphatic rings. The van der Waals surface area contributed by atoms with E-state index in [9.17, 15) is 4.79 Å². The number of esters is 1. The zero-order chi connectivity index (χ0) is 16.1. The van der Waals surface area contributed by atoms with Crippen LogP contribution in [-0.4, -0.2) is 17.7 Å². The lowest BCUT2D eigenvalue weighted by Gasteiger charge is -2.29. The predicted molar refractivity (Wildman–Crippen MR) is 91.3 cm³/mol. The first kappa shape index (κ1) is 16.2. The molecule has 0 radical (unpaired) electrons. The molecule has 0 unspecified atom stereocenters. The van der Waals surface area contributed by atoms with Crippen LogP contribution >= 0.6 is 12.2 Å². The molecule has 0 amide bonds. The van der Waals surface area contributed by atoms with Gasteiger partial charge in [-0.25, -0.2) is 4.79 Å². The van der Waals surface area contributed by atoms with Crippen molar-refractivity contribution in [2.75, 3.05) is 6.61 Å². The predicted octanol–water partition coefficient (Wildman–Crippen LogP) is 2.77. The molecule has 0 spiro atoms. The number of hydrogen-bond acceptors (Lipinski definition) is 3. The number of hydrogen-bond donors (Lipinski definition) is 2. The zero-order valence-electron chi connectivity index (χ0n) is 12.8. The molecule has 4 nitrogen and oxygen atoms in total. The maximum Gasteiger partial charge on any atom is 0.338 e. The van der Waals surface area contributed by atoms with Gasteiger partial charge in [0.1, 0.15) is 6.61 Å². The lowest BCUT2D eigenvalue weighted by Crippen LogP contribution is -2.45. The Morgan fingerprint density at radius 1 is 1.41 bits per heavy atom. The van der Waals surface area contributed by atoms with Crippen molar-refractivity contribution in [2.24, 2.45) is 0 Å². The van der Waals surface area contributed by atoms with Crippen LogP contribution in [0.5, 0.6) is 0 Å². The van der Waals surface area contributed by atoms with E-state index in [2.05, 4.69) is 36.3 Å². The average molecular weight is 316 g/mol. The second-order valence-corrected chi connectivity index (χ2v) is 5.46. The van der Waals surface area contributed by atoms with Crippen molar-refractivity contribution >= 4 is 23.3 Å². The molecule has 0 saturated carbocycles. The molecule has 1 atom stereocenters. The maximum atomic E-state index is 12.3. The first-order valence-electron chi connectivity index (χ1n) is 7.22. The van der Waals surface area contributed by atoms with Crippen molar-refractivity contribution in [3.05, 3.63) is 59.3 Å². The quantitative estimate of drug-likeness (QED) is 0.497. The van der Waals surface area contributed by atoms with Crippen LogP contribution in [0, 0.1) is 0 Å². The Balaban J connectivity index is 2.36. The van der Waals surface area contributed by atoms with Gasteiger partial charge in [0.2, 0.25) is 0 Å². The summed E-state index contributed by atoms with van der Waals surface area (Å²) in [5, 5.41) is 6.63. The van der Waals surface area contributed by atoms with E-state index in [1.807, 2.05) is 19.1 Å². The Morgan fingerprint density at radius 2 is 2.09 bits per heavy atom. The number of thiocarbonyl (C=S) groups is 1. The molecule has 2 N–H and O–H groups in total. The summed E-state index contributed by atoms with van der Waals surface area (Å²) < 4.78 is 5.19. The first-order valence-corrected chi connectivity index (χ1v) is 7.62. The highest BCUT2D eigenvalue weighted by atomic mass is 32.1. The molecule has 5 heteroatoms. The van der Waals surface area contributed by atoms with Crippen LogP contribution < -0.4 is 10.6 Å². The summed E-state index contributed by atoms with van der Waals surface area (Å²) in [4.78, 5) is 12.3. The minimum absolute atomic E-state index is 0.182. The van der Waals surface area contributed by atoms with E-state index >= 15 is 0 Å². The van der Waals surface area contributed by atoms with E-state index in [0.717, 1.165) is 12.0 Å². The van der Waals surface area contributed by atoms with Crippen LogP contribution in [-0.2, 0) is 16.0 Å². The molecule has 1 aliphatic heterocycles. The van der Waals surface area contributed by atoms with Crippen molar-refractivity contribution in [3.8, 4) is 0 Å². The molecule has 0 saturated heterocycles. The summed E-state index contributed by atoms with van der Waals surface area (Å²) in [6.45, 7) is 7.67. The third-order valence-electron chi connectivity index (χ3n) is 3.54. The molecule has 116 valence electrons. The lowest BCUT2D eigenvalue weighted by molar-refractivity contribution is -0.138. The second-order valence-electron chi connectivity index (χ2n) is 5.05. The summed E-state index contributed by atoms with van der Waals surface area (Å²) >= 11 is 5.21. The number of ether oxygens (including phenoxy) is 1. The fourth-order valence-corrected chi connectivity index (χ4v) is 2.64. The van der Waals surface area contributed by atoms with E-state index in [-0.39, 0.29) is 18.6 Å². The van der Waals surface area contributed by atoms with Gasteiger partial charge in [0.25, 0.3) is 0 Å². The van der Waals surface area contributed by atoms with Gasteiger partial charge in [-0.2, -0.15) is 0 Å². The van der Waals surface area contributed by atoms with E-state index in [1.165, 1.54) is 5.56 Å². The Labute approximate surface area is 136 Å². The van der Waals surface area contributed by atoms with Crippen molar-refractivity contribution in [1.82, 2.24) is 10.6 Å². The maximum absolute atomic E-state index is 12.3. The molecule has 0 fully saturated rings. The van der Waals surface area contributed by atoms with E-state index in [4.69, 9.17) is 17.0 Å². The van der Waals surface area contributed by atoms with Gasteiger partial charge in [0.15, 0.2) is 5.11 Å². The molecule has 22 heavy (non-hydrogen) atoms. The van der Waals surface area contributed by atoms with Gasteiger partial charge >= 0.3 is 5.97 Å². The number of carbonyl (C=O) groups is 1. The molecule has 0 bridgehead atoms. The molecule has 1 heterocycles. The number of rotatable bonds is 5. The van der Waals surface area contributed by atoms with Crippen LogP contribution in [0.4, 0.5) is 0 Å². The van der Waals surface area contributed by atoms with Crippen molar-refractivity contribution in [2.45, 2.75) is 26.3 Å². The van der Waals surface area contributed by atoms with Gasteiger partial charge in [-0.05, 0) is 36.7 Å². The zero-order valence-corrected chi connectivity index (χ0v) is 13.6. The summed E-state index contributed by atoms with van der Waals surface area (Å²) in [5.41, 5.74) is 3.48. The summed E-state index contributed by atoms with van der Waals surface area (Å²) in [5.74, 6) is -0.371. The van der Waals surface area contributed by atoms with Gasteiger partial charge in [0, 0.05) is 5.70 Å². The van der Waals surface area contributed by atoms with Crippen LogP contribution in [0.15, 0.2) is 48.2 Å². The van der Waals surface area contributed by atoms with Gasteiger partial charge in [-0.15, -0.1) is 0 Å². The minimum Gasteiger partial charge on any atom is -0.458 e. The topological polar surface area (TPSA) is 50.4 Å². The largest absolute Gasteiger partial charge is 0.458 e. The fraction of sp³-hybridized carbons (Fsp3) is 0.294. The highest BCUT2D eigenvalue weighted by Crippen LogP contribution is 2.27. The van der Waals surface area contributed by atoms with E-state index in [1.54, 1.807) is 6.08 Å². The van der Waals surface area contributed by atoms with Crippen LogP contribution in [0.25, 0.3) is 0 Å². The van der Waals surface area contributed by atoms with E-state index in [0.29, 0.717) is 16.4 Å². The molecule has 0 aliphatic carbocycles. The molecule has 0 aromatic heterocycles.